The van der Waals surface area contributed by atoms with Gasteiger partial charge < -0.3 is 0 Å². The fourth-order valence-electron chi connectivity index (χ4n) is 4.73. The SMILES string of the molecule is CCCCCCC(C)(C)c1ccc([C@@H]2C[C@H](O)CC[C@H]2CCC[AsH2])c(O)c1. The maximum absolute atomic E-state index is 10.9. The van der Waals surface area contributed by atoms with Crippen molar-refractivity contribution < 1.29 is 10.2 Å². The van der Waals surface area contributed by atoms with E-state index >= 15 is 0 Å². The first-order valence-corrected chi connectivity index (χ1v) is 12.8. The predicted octanol–water partition coefficient (Wildman–Crippen LogP) is 5.72. The van der Waals surface area contributed by atoms with E-state index in [-0.39, 0.29) is 11.5 Å². The van der Waals surface area contributed by atoms with Crippen molar-refractivity contribution in [3.05, 3.63) is 29.3 Å². The first-order valence-electron chi connectivity index (χ1n) is 11.1. The first-order chi connectivity index (χ1) is 12.9. The Labute approximate surface area is 175 Å². The first kappa shape index (κ1) is 22.8. The predicted molar refractivity (Wildman–Crippen MR) is 119 cm³/mol. The van der Waals surface area contributed by atoms with Gasteiger partial charge in [-0.05, 0) is 0 Å². The van der Waals surface area contributed by atoms with Crippen LogP contribution in [0.2, 0.25) is 5.21 Å². The van der Waals surface area contributed by atoms with E-state index in [0.29, 0.717) is 17.6 Å². The average Bonchev–Trinajstić information content (AvgIpc) is 2.64. The van der Waals surface area contributed by atoms with E-state index in [0.717, 1.165) is 31.2 Å². The Morgan fingerprint density at radius 3 is 2.56 bits per heavy atom. The zero-order valence-corrected chi connectivity index (χ0v) is 20.1. The Kier molecular flexibility index (Phi) is 9.22. The minimum atomic E-state index is -0.217. The minimum absolute atomic E-state index is 0.0968. The van der Waals surface area contributed by atoms with Crippen molar-refractivity contribution >= 4 is 16.9 Å². The molecule has 154 valence electrons. The summed E-state index contributed by atoms with van der Waals surface area (Å²) >= 11 is 1.80. The Bertz CT molecular complexity index is 567. The molecule has 27 heavy (non-hydrogen) atoms. The van der Waals surface area contributed by atoms with E-state index in [9.17, 15) is 10.2 Å². The van der Waals surface area contributed by atoms with Gasteiger partial charge in [-0.3, -0.25) is 0 Å². The molecule has 0 bridgehead atoms. The van der Waals surface area contributed by atoms with Crippen molar-refractivity contribution in [2.75, 3.05) is 0 Å². The van der Waals surface area contributed by atoms with Crippen LogP contribution in [-0.4, -0.2) is 33.2 Å². The number of unbranched alkanes of at least 4 members (excludes halogenated alkanes) is 3. The molecule has 1 aliphatic carbocycles. The van der Waals surface area contributed by atoms with Gasteiger partial charge in [0.1, 0.15) is 0 Å². The summed E-state index contributed by atoms with van der Waals surface area (Å²) in [6.45, 7) is 6.84. The Morgan fingerprint density at radius 2 is 1.89 bits per heavy atom. The third-order valence-electron chi connectivity index (χ3n) is 6.61. The number of benzene rings is 1. The molecule has 1 aliphatic rings. The number of hydrogen-bond acceptors (Lipinski definition) is 2. The quantitative estimate of drug-likeness (QED) is 0.364. The molecule has 0 aromatic heterocycles. The molecule has 0 heterocycles. The van der Waals surface area contributed by atoms with E-state index in [1.807, 2.05) is 6.07 Å². The molecule has 2 N–H and O–H groups in total. The zero-order valence-electron chi connectivity index (χ0n) is 17.7. The molecule has 1 aromatic carbocycles. The van der Waals surface area contributed by atoms with Crippen molar-refractivity contribution in [1.82, 2.24) is 0 Å². The van der Waals surface area contributed by atoms with E-state index in [1.54, 1.807) is 16.9 Å². The average molecular weight is 437 g/mol. The van der Waals surface area contributed by atoms with E-state index < -0.39 is 0 Å². The van der Waals surface area contributed by atoms with Gasteiger partial charge in [-0.2, -0.15) is 0 Å². The van der Waals surface area contributed by atoms with E-state index in [4.69, 9.17) is 0 Å². The summed E-state index contributed by atoms with van der Waals surface area (Å²) in [5.74, 6) is 1.34. The number of aliphatic hydroxyl groups is 1. The van der Waals surface area contributed by atoms with Crippen LogP contribution in [0, 0.1) is 5.92 Å². The summed E-state index contributed by atoms with van der Waals surface area (Å²) in [7, 11) is 0. The number of hydrogen-bond donors (Lipinski definition) is 2. The molecule has 1 aromatic rings. The number of phenols is 1. The van der Waals surface area contributed by atoms with Gasteiger partial charge in [-0.15, -0.1) is 0 Å². The van der Waals surface area contributed by atoms with Crippen LogP contribution < -0.4 is 0 Å². The van der Waals surface area contributed by atoms with Crippen LogP contribution in [0.25, 0.3) is 0 Å². The van der Waals surface area contributed by atoms with E-state index in [1.165, 1.54) is 49.3 Å². The van der Waals surface area contributed by atoms with Crippen molar-refractivity contribution in [2.24, 2.45) is 5.92 Å². The normalized spacial score (nSPS) is 23.5. The fourth-order valence-corrected chi connectivity index (χ4v) is 5.23. The van der Waals surface area contributed by atoms with Crippen LogP contribution in [0.3, 0.4) is 0 Å². The van der Waals surface area contributed by atoms with Crippen LogP contribution in [0.5, 0.6) is 5.75 Å². The molecule has 0 spiro atoms. The van der Waals surface area contributed by atoms with E-state index in [2.05, 4.69) is 32.9 Å². The van der Waals surface area contributed by atoms with Gasteiger partial charge in [0.25, 0.3) is 0 Å². The van der Waals surface area contributed by atoms with Crippen LogP contribution in [0.15, 0.2) is 18.2 Å². The van der Waals surface area contributed by atoms with Gasteiger partial charge in [0, 0.05) is 0 Å². The van der Waals surface area contributed by atoms with Crippen molar-refractivity contribution in [3.63, 3.8) is 0 Å². The second-order valence-electron chi connectivity index (χ2n) is 9.23. The maximum atomic E-state index is 10.9. The van der Waals surface area contributed by atoms with Crippen molar-refractivity contribution in [3.8, 4) is 5.75 Å². The molecule has 2 rings (SSSR count). The molecule has 0 saturated heterocycles. The second kappa shape index (κ2) is 10.9. The van der Waals surface area contributed by atoms with Crippen LogP contribution >= 0.6 is 0 Å². The molecular weight excluding hydrogens is 395 g/mol. The van der Waals surface area contributed by atoms with Gasteiger partial charge >= 0.3 is 149 Å². The summed E-state index contributed by atoms with van der Waals surface area (Å²) in [5, 5.41) is 22.4. The molecule has 0 aliphatic heterocycles. The topological polar surface area (TPSA) is 40.5 Å². The molecule has 0 radical (unpaired) electrons. The Hall–Kier alpha value is -0.462. The third-order valence-corrected chi connectivity index (χ3v) is 7.47. The summed E-state index contributed by atoms with van der Waals surface area (Å²) in [4.78, 5) is 0. The Balaban J connectivity index is 2.13. The van der Waals surface area contributed by atoms with Gasteiger partial charge in [-0.25, -0.2) is 0 Å². The van der Waals surface area contributed by atoms with Crippen LogP contribution in [0.4, 0.5) is 0 Å². The summed E-state index contributed by atoms with van der Waals surface area (Å²) < 4.78 is 0. The monoisotopic (exact) mass is 436 g/mol. The molecule has 1 saturated carbocycles. The fraction of sp³-hybridized carbons (Fsp3) is 0.750. The van der Waals surface area contributed by atoms with Gasteiger partial charge in [0.2, 0.25) is 0 Å². The number of rotatable bonds is 10. The molecule has 1 fully saturated rings. The number of aromatic hydroxyl groups is 1. The Morgan fingerprint density at radius 1 is 1.11 bits per heavy atom. The van der Waals surface area contributed by atoms with Gasteiger partial charge in [0.15, 0.2) is 0 Å². The molecule has 2 nitrogen and oxygen atoms in total. The van der Waals surface area contributed by atoms with Crippen molar-refractivity contribution in [2.45, 2.75) is 108 Å². The summed E-state index contributed by atoms with van der Waals surface area (Å²) in [5.41, 5.74) is 2.40. The van der Waals surface area contributed by atoms with Crippen LogP contribution in [0.1, 0.15) is 102 Å². The number of aliphatic hydroxyl groups excluding tert-OH is 1. The van der Waals surface area contributed by atoms with Gasteiger partial charge in [-0.1, -0.05) is 26.2 Å². The van der Waals surface area contributed by atoms with Crippen LogP contribution in [-0.2, 0) is 5.41 Å². The molecule has 3 heteroatoms. The molecule has 1 unspecified atom stereocenters. The molecule has 0 amide bonds. The molecular formula is C24H41AsO2. The second-order valence-corrected chi connectivity index (χ2v) is 10.4. The van der Waals surface area contributed by atoms with Gasteiger partial charge in [0.05, 0.1) is 0 Å². The summed E-state index contributed by atoms with van der Waals surface area (Å²) in [6, 6.07) is 6.40. The zero-order chi connectivity index (χ0) is 19.9. The molecule has 4 atom stereocenters. The number of phenolic OH excluding ortho intramolecular Hbond substituents is 1. The third kappa shape index (κ3) is 6.53. The standard InChI is InChI=1S/C24H41AsO2/c1-4-5-6-7-14-24(2,3)19-11-13-21(23(27)16-19)22-17-20(26)12-10-18(22)9-8-15-25/h11,13,16,18,20,22,26-27H,4-10,12,14-15,17,25H2,1-3H3/t18-,20-,22-/m1/s1. The van der Waals surface area contributed by atoms with Crippen molar-refractivity contribution in [1.29, 1.82) is 0 Å². The summed E-state index contributed by atoms with van der Waals surface area (Å²) in [6.07, 6.45) is 11.4.